The molecule has 0 unspecified atom stereocenters. The summed E-state index contributed by atoms with van der Waals surface area (Å²) in [7, 11) is 0. The highest BCUT2D eigenvalue weighted by Gasteiger charge is 2.34. The second kappa shape index (κ2) is 8.46. The van der Waals surface area contributed by atoms with Gasteiger partial charge in [0.15, 0.2) is 0 Å². The lowest BCUT2D eigenvalue weighted by Crippen LogP contribution is -2.34. The summed E-state index contributed by atoms with van der Waals surface area (Å²) in [6, 6.07) is 20.1. The lowest BCUT2D eigenvalue weighted by atomic mass is 9.90. The van der Waals surface area contributed by atoms with Crippen LogP contribution in [0.2, 0.25) is 0 Å². The SMILES string of the molecule is FC(F)(F)c1ccccc1-n1cccc1CN1CCC(Cc2ccccc2)CC1. The van der Waals surface area contributed by atoms with Gasteiger partial charge < -0.3 is 4.57 Å². The molecule has 1 aliphatic heterocycles. The molecule has 0 aliphatic carbocycles. The molecule has 0 saturated carbocycles. The Morgan fingerprint density at radius 3 is 2.24 bits per heavy atom. The number of hydrogen-bond acceptors (Lipinski definition) is 1. The van der Waals surface area contributed by atoms with Gasteiger partial charge in [-0.15, -0.1) is 0 Å². The van der Waals surface area contributed by atoms with Crippen molar-refractivity contribution in [2.45, 2.75) is 32.0 Å². The summed E-state index contributed by atoms with van der Waals surface area (Å²) in [6.45, 7) is 2.62. The predicted molar refractivity (Wildman–Crippen MR) is 109 cm³/mol. The third-order valence-corrected chi connectivity index (χ3v) is 5.76. The maximum Gasteiger partial charge on any atom is 0.418 e. The summed E-state index contributed by atoms with van der Waals surface area (Å²) in [6.07, 6.45) is 0.698. The van der Waals surface area contributed by atoms with Gasteiger partial charge in [-0.3, -0.25) is 4.90 Å². The summed E-state index contributed by atoms with van der Waals surface area (Å²) >= 11 is 0. The van der Waals surface area contributed by atoms with Crippen LogP contribution in [-0.2, 0) is 19.1 Å². The molecule has 1 saturated heterocycles. The first-order chi connectivity index (χ1) is 14.0. The van der Waals surface area contributed by atoms with Crippen molar-refractivity contribution in [2.75, 3.05) is 13.1 Å². The van der Waals surface area contributed by atoms with Gasteiger partial charge in [0.05, 0.1) is 11.3 Å². The number of aromatic nitrogens is 1. The second-order valence-electron chi connectivity index (χ2n) is 7.79. The minimum Gasteiger partial charge on any atom is -0.319 e. The lowest BCUT2D eigenvalue weighted by molar-refractivity contribution is -0.137. The molecule has 4 rings (SSSR count). The first-order valence-corrected chi connectivity index (χ1v) is 10.1. The number of nitrogens with zero attached hydrogens (tertiary/aromatic N) is 2. The van der Waals surface area contributed by atoms with Crippen molar-refractivity contribution >= 4 is 0 Å². The lowest BCUT2D eigenvalue weighted by Gasteiger charge is -2.32. The first kappa shape index (κ1) is 19.8. The van der Waals surface area contributed by atoms with E-state index in [-0.39, 0.29) is 5.69 Å². The third kappa shape index (κ3) is 4.73. The van der Waals surface area contributed by atoms with Crippen LogP contribution in [0, 0.1) is 5.92 Å². The summed E-state index contributed by atoms with van der Waals surface area (Å²) in [5, 5.41) is 0. The molecule has 2 heterocycles. The zero-order valence-electron chi connectivity index (χ0n) is 16.3. The fourth-order valence-electron chi connectivity index (χ4n) is 4.23. The molecule has 0 atom stereocenters. The van der Waals surface area contributed by atoms with Crippen molar-refractivity contribution in [3.8, 4) is 5.69 Å². The molecule has 5 heteroatoms. The van der Waals surface area contributed by atoms with E-state index in [0.717, 1.165) is 44.1 Å². The number of para-hydroxylation sites is 1. The number of alkyl halides is 3. The highest BCUT2D eigenvalue weighted by molar-refractivity contribution is 5.44. The van der Waals surface area contributed by atoms with E-state index in [0.29, 0.717) is 12.5 Å². The van der Waals surface area contributed by atoms with Crippen molar-refractivity contribution in [1.82, 2.24) is 9.47 Å². The first-order valence-electron chi connectivity index (χ1n) is 10.1. The second-order valence-corrected chi connectivity index (χ2v) is 7.79. The Balaban J connectivity index is 1.42. The van der Waals surface area contributed by atoms with Gasteiger partial charge in [0.1, 0.15) is 0 Å². The van der Waals surface area contributed by atoms with E-state index in [1.54, 1.807) is 22.9 Å². The van der Waals surface area contributed by atoms with E-state index >= 15 is 0 Å². The zero-order valence-corrected chi connectivity index (χ0v) is 16.3. The molecule has 152 valence electrons. The Morgan fingerprint density at radius 2 is 1.52 bits per heavy atom. The molecule has 0 radical (unpaired) electrons. The van der Waals surface area contributed by atoms with E-state index in [9.17, 15) is 13.2 Å². The normalized spacial score (nSPS) is 16.2. The fourth-order valence-corrected chi connectivity index (χ4v) is 4.23. The van der Waals surface area contributed by atoms with Crippen LogP contribution < -0.4 is 0 Å². The molecule has 1 fully saturated rings. The van der Waals surface area contributed by atoms with Crippen LogP contribution in [0.5, 0.6) is 0 Å². The van der Waals surface area contributed by atoms with Crippen molar-refractivity contribution < 1.29 is 13.2 Å². The molecule has 2 aromatic carbocycles. The molecule has 2 nitrogen and oxygen atoms in total. The zero-order chi connectivity index (χ0) is 20.3. The molecule has 1 aliphatic rings. The van der Waals surface area contributed by atoms with Crippen molar-refractivity contribution in [1.29, 1.82) is 0 Å². The van der Waals surface area contributed by atoms with Crippen LogP contribution in [0.3, 0.4) is 0 Å². The highest BCUT2D eigenvalue weighted by Crippen LogP contribution is 2.34. The van der Waals surface area contributed by atoms with E-state index in [2.05, 4.69) is 29.2 Å². The Morgan fingerprint density at radius 1 is 0.828 bits per heavy atom. The van der Waals surface area contributed by atoms with Crippen molar-refractivity contribution in [2.24, 2.45) is 5.92 Å². The molecular formula is C24H25F3N2. The average Bonchev–Trinajstić information content (AvgIpc) is 3.18. The summed E-state index contributed by atoms with van der Waals surface area (Å²) in [4.78, 5) is 2.35. The van der Waals surface area contributed by atoms with Gasteiger partial charge in [-0.25, -0.2) is 0 Å². The molecule has 3 aromatic rings. The summed E-state index contributed by atoms with van der Waals surface area (Å²) in [5.41, 5.74) is 1.87. The predicted octanol–water partition coefficient (Wildman–Crippen LogP) is 5.95. The van der Waals surface area contributed by atoms with Gasteiger partial charge in [0, 0.05) is 18.4 Å². The number of rotatable bonds is 5. The number of benzene rings is 2. The van der Waals surface area contributed by atoms with Gasteiger partial charge in [0.2, 0.25) is 0 Å². The Kier molecular flexibility index (Phi) is 5.76. The number of halogens is 3. The monoisotopic (exact) mass is 398 g/mol. The molecular weight excluding hydrogens is 373 g/mol. The van der Waals surface area contributed by atoms with Crippen molar-refractivity contribution in [3.63, 3.8) is 0 Å². The Hall–Kier alpha value is -2.53. The van der Waals surface area contributed by atoms with Crippen LogP contribution in [0.25, 0.3) is 5.69 Å². The number of piperidine rings is 1. The fraction of sp³-hybridized carbons (Fsp3) is 0.333. The summed E-state index contributed by atoms with van der Waals surface area (Å²) in [5.74, 6) is 0.673. The number of hydrogen-bond donors (Lipinski definition) is 0. The number of likely N-dealkylation sites (tertiary alicyclic amines) is 1. The molecule has 0 amide bonds. The molecule has 0 spiro atoms. The molecule has 1 aromatic heterocycles. The van der Waals surface area contributed by atoms with Crippen LogP contribution >= 0.6 is 0 Å². The van der Waals surface area contributed by atoms with Gasteiger partial charge in [-0.1, -0.05) is 42.5 Å². The van der Waals surface area contributed by atoms with Gasteiger partial charge >= 0.3 is 6.18 Å². The highest BCUT2D eigenvalue weighted by atomic mass is 19.4. The minimum absolute atomic E-state index is 0.193. The van der Waals surface area contributed by atoms with Gasteiger partial charge in [-0.2, -0.15) is 13.2 Å². The van der Waals surface area contributed by atoms with Crippen LogP contribution in [0.15, 0.2) is 72.9 Å². The summed E-state index contributed by atoms with van der Waals surface area (Å²) < 4.78 is 42.0. The van der Waals surface area contributed by atoms with Crippen molar-refractivity contribution in [3.05, 3.63) is 89.7 Å². The maximum absolute atomic E-state index is 13.4. The van der Waals surface area contributed by atoms with E-state index in [1.807, 2.05) is 18.2 Å². The quantitative estimate of drug-likeness (QED) is 0.516. The molecule has 0 bridgehead atoms. The van der Waals surface area contributed by atoms with Crippen LogP contribution in [-0.4, -0.2) is 22.6 Å². The van der Waals surface area contributed by atoms with E-state index in [4.69, 9.17) is 0 Å². The molecule has 0 N–H and O–H groups in total. The van der Waals surface area contributed by atoms with Crippen LogP contribution in [0.4, 0.5) is 13.2 Å². The topological polar surface area (TPSA) is 8.17 Å². The van der Waals surface area contributed by atoms with Gasteiger partial charge in [-0.05, 0) is 68.1 Å². The average molecular weight is 398 g/mol. The molecule has 29 heavy (non-hydrogen) atoms. The maximum atomic E-state index is 13.4. The van der Waals surface area contributed by atoms with E-state index in [1.165, 1.54) is 11.6 Å². The van der Waals surface area contributed by atoms with Gasteiger partial charge in [0.25, 0.3) is 0 Å². The minimum atomic E-state index is -4.37. The standard InChI is InChI=1S/C24H25F3N2/c25-24(26,27)22-10-4-5-11-23(22)29-14-6-9-21(29)18-28-15-12-20(13-16-28)17-19-7-2-1-3-8-19/h1-11,14,20H,12-13,15-18H2. The van der Waals surface area contributed by atoms with E-state index < -0.39 is 11.7 Å². The Bertz CT molecular complexity index is 923. The van der Waals surface area contributed by atoms with Crippen LogP contribution in [0.1, 0.15) is 29.7 Å². The smallest absolute Gasteiger partial charge is 0.319 e. The third-order valence-electron chi connectivity index (χ3n) is 5.76. The Labute approximate surface area is 169 Å². The largest absolute Gasteiger partial charge is 0.418 e.